The zero-order chi connectivity index (χ0) is 20.4. The van der Waals surface area contributed by atoms with E-state index in [2.05, 4.69) is 5.32 Å². The van der Waals surface area contributed by atoms with Crippen molar-refractivity contribution in [2.75, 3.05) is 20.4 Å². The molecule has 0 spiro atoms. The molecular weight excluding hydrogens is 366 g/mol. The number of carbonyl (C=O) groups excluding carboxylic acids is 3. The Kier molecular flexibility index (Phi) is 6.10. The fourth-order valence-corrected chi connectivity index (χ4v) is 2.95. The van der Waals surface area contributed by atoms with Crippen molar-refractivity contribution in [2.24, 2.45) is 0 Å². The summed E-state index contributed by atoms with van der Waals surface area (Å²) in [7, 11) is 3.61. The van der Waals surface area contributed by atoms with E-state index in [4.69, 9.17) is 4.74 Å². The normalized spacial score (nSPS) is 14.5. The van der Waals surface area contributed by atoms with Crippen LogP contribution in [0.15, 0.2) is 35.0 Å². The summed E-state index contributed by atoms with van der Waals surface area (Å²) >= 11 is 1.21. The van der Waals surface area contributed by atoms with Gasteiger partial charge >= 0.3 is 5.97 Å². The van der Waals surface area contributed by atoms with Crippen molar-refractivity contribution in [1.82, 2.24) is 10.2 Å². The summed E-state index contributed by atoms with van der Waals surface area (Å²) in [5, 5.41) is 3.32. The molecule has 1 aromatic rings. The SMILES string of the molecule is CS/C(NC=[N+](C)C)=C(/C(=O)OC(C)(C)C)N1C(=O)c2ccccc2C1=O. The molecule has 8 heteroatoms. The Labute approximate surface area is 163 Å². The van der Waals surface area contributed by atoms with Crippen LogP contribution in [0.4, 0.5) is 0 Å². The summed E-state index contributed by atoms with van der Waals surface area (Å²) in [5.41, 5.74) is -0.376. The number of hydrogen-bond acceptors (Lipinski definition) is 5. The van der Waals surface area contributed by atoms with Crippen LogP contribution < -0.4 is 5.32 Å². The number of carbonyl (C=O) groups is 3. The molecule has 27 heavy (non-hydrogen) atoms. The predicted octanol–water partition coefficient (Wildman–Crippen LogP) is 2.05. The number of hydrogen-bond donors (Lipinski definition) is 1. The van der Waals surface area contributed by atoms with E-state index in [1.165, 1.54) is 11.8 Å². The van der Waals surface area contributed by atoms with Gasteiger partial charge in [0.15, 0.2) is 10.7 Å². The number of imide groups is 1. The highest BCUT2D eigenvalue weighted by Gasteiger charge is 2.43. The topological polar surface area (TPSA) is 78.7 Å². The van der Waals surface area contributed by atoms with Gasteiger partial charge in [-0.25, -0.2) is 15.0 Å². The Morgan fingerprint density at radius 3 is 2.07 bits per heavy atom. The zero-order valence-electron chi connectivity index (χ0n) is 16.3. The first kappa shape index (κ1) is 20.7. The lowest BCUT2D eigenvalue weighted by atomic mass is 10.1. The summed E-state index contributed by atoms with van der Waals surface area (Å²) in [6.45, 7) is 5.18. The van der Waals surface area contributed by atoms with E-state index in [9.17, 15) is 14.4 Å². The van der Waals surface area contributed by atoms with Gasteiger partial charge in [0.1, 0.15) is 5.60 Å². The molecule has 0 atom stereocenters. The van der Waals surface area contributed by atoms with Crippen LogP contribution >= 0.6 is 11.8 Å². The summed E-state index contributed by atoms with van der Waals surface area (Å²) in [6.07, 6.45) is 3.36. The number of nitrogens with one attached hydrogen (secondary N) is 1. The molecule has 2 amide bonds. The van der Waals surface area contributed by atoms with Gasteiger partial charge in [0.25, 0.3) is 11.8 Å². The summed E-state index contributed by atoms with van der Waals surface area (Å²) in [4.78, 5) is 39.6. The predicted molar refractivity (Wildman–Crippen MR) is 105 cm³/mol. The molecule has 0 radical (unpaired) electrons. The van der Waals surface area contributed by atoms with E-state index >= 15 is 0 Å². The Morgan fingerprint density at radius 2 is 1.67 bits per heavy atom. The number of benzene rings is 1. The molecule has 0 fully saturated rings. The van der Waals surface area contributed by atoms with E-state index < -0.39 is 23.4 Å². The van der Waals surface area contributed by atoms with Crippen molar-refractivity contribution in [1.29, 1.82) is 0 Å². The molecule has 0 aliphatic carbocycles. The molecule has 7 nitrogen and oxygen atoms in total. The molecule has 2 rings (SSSR count). The second-order valence-corrected chi connectivity index (χ2v) is 7.93. The van der Waals surface area contributed by atoms with Crippen molar-refractivity contribution in [3.63, 3.8) is 0 Å². The number of nitrogens with zero attached hydrogens (tertiary/aromatic N) is 2. The van der Waals surface area contributed by atoms with E-state index in [0.29, 0.717) is 5.03 Å². The standard InChI is InChI=1S/C19H23N3O4S/c1-19(2,3)26-18(25)14(15(27-6)20-11-21(4)5)22-16(23)12-9-7-8-10-13(12)17(22)24/h7-11H,1-6H3/p+1/b15-14-. The van der Waals surface area contributed by atoms with Crippen LogP contribution in [0.3, 0.4) is 0 Å². The van der Waals surface area contributed by atoms with Crippen LogP contribution in [0.1, 0.15) is 41.5 Å². The van der Waals surface area contributed by atoms with Crippen LogP contribution in [0.25, 0.3) is 0 Å². The Balaban J connectivity index is 2.60. The van der Waals surface area contributed by atoms with Gasteiger partial charge in [-0.3, -0.25) is 14.2 Å². The van der Waals surface area contributed by atoms with Crippen LogP contribution in [-0.4, -0.2) is 59.5 Å². The fraction of sp³-hybridized carbons (Fsp3) is 0.368. The zero-order valence-corrected chi connectivity index (χ0v) is 17.1. The summed E-state index contributed by atoms with van der Waals surface area (Å²) < 4.78 is 7.22. The Hall–Kier alpha value is -2.61. The van der Waals surface area contributed by atoms with Gasteiger partial charge in [-0.15, -0.1) is 0 Å². The van der Waals surface area contributed by atoms with Gasteiger partial charge in [-0.2, -0.15) is 0 Å². The average molecular weight is 390 g/mol. The molecule has 0 saturated heterocycles. The maximum absolute atomic E-state index is 12.9. The summed E-state index contributed by atoms with van der Waals surface area (Å²) in [6, 6.07) is 6.50. The molecule has 144 valence electrons. The van der Waals surface area contributed by atoms with Crippen LogP contribution in [-0.2, 0) is 9.53 Å². The van der Waals surface area contributed by atoms with Crippen molar-refractivity contribution in [2.45, 2.75) is 26.4 Å². The second-order valence-electron chi connectivity index (χ2n) is 7.11. The molecular formula is C19H24N3O4S+. The highest BCUT2D eigenvalue weighted by Crippen LogP contribution is 2.30. The highest BCUT2D eigenvalue weighted by molar-refractivity contribution is 8.02. The van der Waals surface area contributed by atoms with Crippen LogP contribution in [0, 0.1) is 0 Å². The van der Waals surface area contributed by atoms with Crippen molar-refractivity contribution < 1.29 is 23.7 Å². The highest BCUT2D eigenvalue weighted by atomic mass is 32.2. The largest absolute Gasteiger partial charge is 0.455 e. The van der Waals surface area contributed by atoms with Gasteiger partial charge in [0.2, 0.25) is 6.34 Å². The van der Waals surface area contributed by atoms with Gasteiger partial charge in [0.05, 0.1) is 25.2 Å². The Bertz CT molecular complexity index is 814. The maximum Gasteiger partial charge on any atom is 0.361 e. The molecule has 1 aliphatic rings. The lowest BCUT2D eigenvalue weighted by Gasteiger charge is -2.24. The minimum Gasteiger partial charge on any atom is -0.455 e. The number of rotatable bonds is 5. The van der Waals surface area contributed by atoms with Crippen molar-refractivity contribution in [3.05, 3.63) is 46.1 Å². The van der Waals surface area contributed by atoms with Gasteiger partial charge in [-0.05, 0) is 39.2 Å². The number of esters is 1. The lowest BCUT2D eigenvalue weighted by molar-refractivity contribution is -0.461. The molecule has 0 bridgehead atoms. The van der Waals surface area contributed by atoms with Gasteiger partial charge in [-0.1, -0.05) is 23.9 Å². The maximum atomic E-state index is 12.9. The van der Waals surface area contributed by atoms with Crippen molar-refractivity contribution >= 4 is 35.9 Å². The number of thioether (sulfide) groups is 1. The molecule has 0 unspecified atom stereocenters. The number of amides is 2. The average Bonchev–Trinajstić information content (AvgIpc) is 2.81. The first-order valence-corrected chi connectivity index (χ1v) is 9.55. The summed E-state index contributed by atoms with van der Waals surface area (Å²) in [5.74, 6) is -1.84. The first-order chi connectivity index (χ1) is 12.6. The Morgan fingerprint density at radius 1 is 1.15 bits per heavy atom. The lowest BCUT2D eigenvalue weighted by Crippen LogP contribution is -2.39. The number of fused-ring (bicyclic) bond motifs is 1. The van der Waals surface area contributed by atoms with E-state index in [-0.39, 0.29) is 16.8 Å². The monoisotopic (exact) mass is 390 g/mol. The molecule has 1 N–H and O–H groups in total. The van der Waals surface area contributed by atoms with E-state index in [1.807, 2.05) is 0 Å². The quantitative estimate of drug-likeness (QED) is 0.207. The molecule has 1 aromatic carbocycles. The van der Waals surface area contributed by atoms with Crippen LogP contribution in [0.5, 0.6) is 0 Å². The third-order valence-electron chi connectivity index (χ3n) is 3.48. The number of ether oxygens (including phenoxy) is 1. The van der Waals surface area contributed by atoms with Crippen molar-refractivity contribution in [3.8, 4) is 0 Å². The van der Waals surface area contributed by atoms with E-state index in [0.717, 1.165) is 4.90 Å². The smallest absolute Gasteiger partial charge is 0.361 e. The molecule has 1 heterocycles. The third kappa shape index (κ3) is 4.57. The first-order valence-electron chi connectivity index (χ1n) is 8.32. The molecule has 0 saturated carbocycles. The molecule has 1 aliphatic heterocycles. The second kappa shape index (κ2) is 7.96. The van der Waals surface area contributed by atoms with Gasteiger partial charge < -0.3 is 4.74 Å². The molecule has 0 aromatic heterocycles. The minimum absolute atomic E-state index is 0.123. The minimum atomic E-state index is -0.782. The van der Waals surface area contributed by atoms with Crippen LogP contribution in [0.2, 0.25) is 0 Å². The fourth-order valence-electron chi connectivity index (χ4n) is 2.42. The van der Waals surface area contributed by atoms with Gasteiger partial charge in [0, 0.05) is 0 Å². The third-order valence-corrected chi connectivity index (χ3v) is 4.20. The van der Waals surface area contributed by atoms with E-state index in [1.54, 1.807) is 76.3 Å².